The predicted molar refractivity (Wildman–Crippen MR) is 219 cm³/mol. The Balaban J connectivity index is 1.18. The van der Waals surface area contributed by atoms with E-state index < -0.39 is 9.84 Å². The Morgan fingerprint density at radius 3 is 1.26 bits per heavy atom. The highest BCUT2D eigenvalue weighted by atomic mass is 32.2. The molecule has 0 amide bonds. The molecule has 0 fully saturated rings. The van der Waals surface area contributed by atoms with Crippen molar-refractivity contribution < 1.29 is 8.42 Å². The number of nitrogens with zero attached hydrogens (tertiary/aromatic N) is 1. The first-order valence-electron chi connectivity index (χ1n) is 17.8. The van der Waals surface area contributed by atoms with Crippen LogP contribution in [0.2, 0.25) is 0 Å². The van der Waals surface area contributed by atoms with Gasteiger partial charge in [-0.25, -0.2) is 13.4 Å². The Morgan fingerprint density at radius 2 is 0.736 bits per heavy atom. The standard InChI is InChI=1S/C49H35NO2S/c51-53(52)32-40-22-21-39(43-27-41(34-13-5-1-6-14-34)26-42(28-43)35-15-7-2-8-16-35)29-47(40)46-24-23-38(25-45(46)33-53)44-30-48(36-17-9-3-10-18-36)50-49(31-44)37-19-11-4-12-20-37/h1-31H,32-33H2. The van der Waals surface area contributed by atoms with E-state index in [0.29, 0.717) is 0 Å². The molecule has 0 unspecified atom stereocenters. The van der Waals surface area contributed by atoms with Crippen molar-refractivity contribution in [3.8, 4) is 78.1 Å². The van der Waals surface area contributed by atoms with E-state index in [2.05, 4.69) is 133 Å². The lowest BCUT2D eigenvalue weighted by Crippen LogP contribution is -2.05. The summed E-state index contributed by atoms with van der Waals surface area (Å²) in [6.07, 6.45) is 0. The smallest absolute Gasteiger partial charge is 0.158 e. The summed E-state index contributed by atoms with van der Waals surface area (Å²) < 4.78 is 27.3. The fourth-order valence-electron chi connectivity index (χ4n) is 7.41. The summed E-state index contributed by atoms with van der Waals surface area (Å²) >= 11 is 0. The summed E-state index contributed by atoms with van der Waals surface area (Å²) in [7, 11) is -3.42. The summed E-state index contributed by atoms with van der Waals surface area (Å²) in [6, 6.07) is 64.7. The van der Waals surface area contributed by atoms with E-state index in [0.717, 1.165) is 89.3 Å². The van der Waals surface area contributed by atoms with Gasteiger partial charge in [0.15, 0.2) is 9.84 Å². The molecule has 8 aromatic rings. The topological polar surface area (TPSA) is 47.0 Å². The lowest BCUT2D eigenvalue weighted by molar-refractivity contribution is 0.595. The molecule has 0 N–H and O–H groups in total. The second-order valence-electron chi connectivity index (χ2n) is 13.7. The van der Waals surface area contributed by atoms with Crippen molar-refractivity contribution in [2.24, 2.45) is 0 Å². The van der Waals surface area contributed by atoms with E-state index in [1.54, 1.807) is 0 Å². The highest BCUT2D eigenvalue weighted by Gasteiger charge is 2.25. The van der Waals surface area contributed by atoms with Crippen molar-refractivity contribution >= 4 is 9.84 Å². The van der Waals surface area contributed by atoms with Crippen LogP contribution in [0.3, 0.4) is 0 Å². The van der Waals surface area contributed by atoms with Gasteiger partial charge in [0.25, 0.3) is 0 Å². The van der Waals surface area contributed by atoms with Gasteiger partial charge in [-0.05, 0) is 109 Å². The molecule has 0 saturated carbocycles. The Morgan fingerprint density at radius 1 is 0.321 bits per heavy atom. The van der Waals surface area contributed by atoms with Gasteiger partial charge in [0, 0.05) is 11.1 Å². The Kier molecular flexibility index (Phi) is 8.38. The molecule has 1 aliphatic rings. The van der Waals surface area contributed by atoms with E-state index >= 15 is 0 Å². The van der Waals surface area contributed by atoms with Crippen molar-refractivity contribution in [3.63, 3.8) is 0 Å². The van der Waals surface area contributed by atoms with Crippen LogP contribution in [0.15, 0.2) is 188 Å². The normalized spacial score (nSPS) is 13.1. The molecule has 0 aliphatic carbocycles. The molecular formula is C49H35NO2S. The van der Waals surface area contributed by atoms with Crippen molar-refractivity contribution in [2.75, 3.05) is 0 Å². The average Bonchev–Trinajstić information content (AvgIpc) is 3.33. The number of benzene rings is 7. The van der Waals surface area contributed by atoms with E-state index in [4.69, 9.17) is 4.98 Å². The summed E-state index contributed by atoms with van der Waals surface area (Å²) in [5, 5.41) is 0. The molecule has 4 heteroatoms. The van der Waals surface area contributed by atoms with Crippen LogP contribution in [0, 0.1) is 0 Å². The Bertz CT molecular complexity index is 2590. The maximum Gasteiger partial charge on any atom is 0.158 e. The van der Waals surface area contributed by atoms with Crippen LogP contribution in [0.5, 0.6) is 0 Å². The minimum atomic E-state index is -3.42. The highest BCUT2D eigenvalue weighted by molar-refractivity contribution is 7.89. The van der Waals surface area contributed by atoms with Gasteiger partial charge >= 0.3 is 0 Å². The molecule has 0 saturated heterocycles. The zero-order valence-electron chi connectivity index (χ0n) is 29.0. The second-order valence-corrected chi connectivity index (χ2v) is 15.7. The van der Waals surface area contributed by atoms with Gasteiger partial charge in [-0.1, -0.05) is 146 Å². The number of pyridine rings is 1. The lowest BCUT2D eigenvalue weighted by atomic mass is 9.89. The van der Waals surface area contributed by atoms with Crippen LogP contribution in [0.25, 0.3) is 78.1 Å². The van der Waals surface area contributed by atoms with Crippen LogP contribution in [-0.4, -0.2) is 13.4 Å². The molecule has 0 radical (unpaired) electrons. The minimum Gasteiger partial charge on any atom is -0.248 e. The third kappa shape index (κ3) is 6.73. The number of hydrogen-bond acceptors (Lipinski definition) is 3. The van der Waals surface area contributed by atoms with E-state index in [1.807, 2.05) is 54.6 Å². The Labute approximate surface area is 310 Å². The van der Waals surface area contributed by atoms with Crippen molar-refractivity contribution in [2.45, 2.75) is 11.5 Å². The van der Waals surface area contributed by atoms with Crippen molar-refractivity contribution in [3.05, 3.63) is 199 Å². The van der Waals surface area contributed by atoms with E-state index in [1.165, 1.54) is 0 Å². The maximum absolute atomic E-state index is 13.7. The first kappa shape index (κ1) is 32.5. The highest BCUT2D eigenvalue weighted by Crippen LogP contribution is 2.41. The summed E-state index contributed by atoms with van der Waals surface area (Å²) in [5.74, 6) is -0.0263. The number of rotatable bonds is 6. The molecular weight excluding hydrogens is 667 g/mol. The van der Waals surface area contributed by atoms with Gasteiger partial charge in [0.05, 0.1) is 22.9 Å². The number of fused-ring (bicyclic) bond motifs is 3. The number of aromatic nitrogens is 1. The third-order valence-corrected chi connectivity index (χ3v) is 11.5. The molecule has 2 heterocycles. The van der Waals surface area contributed by atoms with Crippen LogP contribution in [0.4, 0.5) is 0 Å². The summed E-state index contributed by atoms with van der Waals surface area (Å²) in [4.78, 5) is 5.05. The van der Waals surface area contributed by atoms with Crippen LogP contribution < -0.4 is 0 Å². The molecule has 0 atom stereocenters. The van der Waals surface area contributed by atoms with Crippen molar-refractivity contribution in [1.29, 1.82) is 0 Å². The number of hydrogen-bond donors (Lipinski definition) is 0. The van der Waals surface area contributed by atoms with Gasteiger partial charge < -0.3 is 0 Å². The summed E-state index contributed by atoms with van der Waals surface area (Å²) in [6.45, 7) is 0. The molecule has 254 valence electrons. The fourth-order valence-corrected chi connectivity index (χ4v) is 8.95. The first-order chi connectivity index (χ1) is 26.0. The van der Waals surface area contributed by atoms with Crippen LogP contribution in [0.1, 0.15) is 11.1 Å². The van der Waals surface area contributed by atoms with Crippen molar-refractivity contribution in [1.82, 2.24) is 4.98 Å². The zero-order chi connectivity index (χ0) is 35.8. The molecule has 0 spiro atoms. The summed E-state index contributed by atoms with van der Waals surface area (Å²) in [5.41, 5.74) is 16.0. The second kappa shape index (κ2) is 13.6. The monoisotopic (exact) mass is 701 g/mol. The molecule has 3 nitrogen and oxygen atoms in total. The molecule has 9 rings (SSSR count). The van der Waals surface area contributed by atoms with Gasteiger partial charge in [-0.15, -0.1) is 0 Å². The number of sulfone groups is 1. The van der Waals surface area contributed by atoms with E-state index in [-0.39, 0.29) is 11.5 Å². The van der Waals surface area contributed by atoms with E-state index in [9.17, 15) is 8.42 Å². The lowest BCUT2D eigenvalue weighted by Gasteiger charge is -2.15. The SMILES string of the molecule is O=S1(=O)Cc2cc(-c3cc(-c4ccccc4)nc(-c4ccccc4)c3)ccc2-c2cc(-c3cc(-c4ccccc4)cc(-c4ccccc4)c3)ccc2C1. The Hall–Kier alpha value is -6.36. The molecule has 1 aliphatic heterocycles. The maximum atomic E-state index is 13.7. The average molecular weight is 702 g/mol. The molecule has 53 heavy (non-hydrogen) atoms. The first-order valence-corrected chi connectivity index (χ1v) is 19.6. The molecule has 7 aromatic carbocycles. The minimum absolute atomic E-state index is 0.00247. The van der Waals surface area contributed by atoms with Gasteiger partial charge in [0.2, 0.25) is 0 Å². The largest absolute Gasteiger partial charge is 0.248 e. The van der Waals surface area contributed by atoms with Gasteiger partial charge in [-0.2, -0.15) is 0 Å². The van der Waals surface area contributed by atoms with Gasteiger partial charge in [-0.3, -0.25) is 0 Å². The molecule has 1 aromatic heterocycles. The fraction of sp³-hybridized carbons (Fsp3) is 0.0408. The van der Waals surface area contributed by atoms with Crippen LogP contribution >= 0.6 is 0 Å². The quantitative estimate of drug-likeness (QED) is 0.173. The third-order valence-electron chi connectivity index (χ3n) is 10.0. The zero-order valence-corrected chi connectivity index (χ0v) is 29.8. The van der Waals surface area contributed by atoms with Crippen LogP contribution in [-0.2, 0) is 21.3 Å². The molecule has 0 bridgehead atoms. The predicted octanol–water partition coefficient (Wildman–Crippen LogP) is 12.2. The van der Waals surface area contributed by atoms with Gasteiger partial charge in [0.1, 0.15) is 0 Å².